The van der Waals surface area contributed by atoms with E-state index in [0.717, 1.165) is 18.6 Å². The lowest BCUT2D eigenvalue weighted by molar-refractivity contribution is -0.121. The Morgan fingerprint density at radius 2 is 2.42 bits per heavy atom. The summed E-state index contributed by atoms with van der Waals surface area (Å²) in [5, 5.41) is 15.1. The van der Waals surface area contributed by atoms with Crippen molar-refractivity contribution in [3.05, 3.63) is 24.2 Å². The average Bonchev–Trinajstić information content (AvgIpc) is 3.12. The number of nitrogens with one attached hydrogen (secondary N) is 2. The summed E-state index contributed by atoms with van der Waals surface area (Å²) < 4.78 is 5.25. The summed E-state index contributed by atoms with van der Waals surface area (Å²) in [7, 11) is 0. The molecule has 5 nitrogen and oxygen atoms in total. The van der Waals surface area contributed by atoms with Gasteiger partial charge in [-0.1, -0.05) is 0 Å². The van der Waals surface area contributed by atoms with Crippen molar-refractivity contribution in [3.63, 3.8) is 0 Å². The van der Waals surface area contributed by atoms with E-state index in [-0.39, 0.29) is 18.5 Å². The lowest BCUT2D eigenvalue weighted by Gasteiger charge is -2.23. The van der Waals surface area contributed by atoms with E-state index < -0.39 is 5.54 Å². The molecule has 1 saturated carbocycles. The van der Waals surface area contributed by atoms with Crippen LogP contribution in [-0.2, 0) is 4.79 Å². The maximum atomic E-state index is 11.9. The fourth-order valence-corrected chi connectivity index (χ4v) is 2.10. The zero-order chi connectivity index (χ0) is 13.9. The summed E-state index contributed by atoms with van der Waals surface area (Å²) in [6.45, 7) is 3.89. The molecule has 5 heteroatoms. The van der Waals surface area contributed by atoms with E-state index in [2.05, 4.69) is 16.7 Å². The van der Waals surface area contributed by atoms with Crippen LogP contribution in [0.15, 0.2) is 22.8 Å². The predicted molar refractivity (Wildman–Crippen MR) is 70.0 cm³/mol. The molecule has 1 aliphatic rings. The fraction of sp³-hybridized carbons (Fsp3) is 0.571. The van der Waals surface area contributed by atoms with Gasteiger partial charge in [0.15, 0.2) is 0 Å². The first-order valence-electron chi connectivity index (χ1n) is 6.54. The first kappa shape index (κ1) is 13.6. The molecular formula is C14H19N3O2. The lowest BCUT2D eigenvalue weighted by Crippen LogP contribution is -2.49. The highest BCUT2D eigenvalue weighted by Gasteiger charge is 2.42. The summed E-state index contributed by atoms with van der Waals surface area (Å²) in [6, 6.07) is 5.85. The van der Waals surface area contributed by atoms with Gasteiger partial charge in [-0.05, 0) is 44.7 Å². The second-order valence-corrected chi connectivity index (χ2v) is 5.25. The topological polar surface area (TPSA) is 78.1 Å². The van der Waals surface area contributed by atoms with Gasteiger partial charge < -0.3 is 9.73 Å². The number of nitriles is 1. The third-order valence-corrected chi connectivity index (χ3v) is 3.56. The Hall–Kier alpha value is -1.80. The quantitative estimate of drug-likeness (QED) is 0.817. The van der Waals surface area contributed by atoms with Crippen LogP contribution in [-0.4, -0.2) is 18.0 Å². The van der Waals surface area contributed by atoms with E-state index in [0.29, 0.717) is 5.92 Å². The third kappa shape index (κ3) is 3.36. The maximum absolute atomic E-state index is 11.9. The minimum Gasteiger partial charge on any atom is -0.468 e. The lowest BCUT2D eigenvalue weighted by atomic mass is 9.98. The van der Waals surface area contributed by atoms with Crippen molar-refractivity contribution in [2.75, 3.05) is 6.54 Å². The molecule has 2 atom stereocenters. The zero-order valence-corrected chi connectivity index (χ0v) is 11.3. The Labute approximate surface area is 113 Å². The highest BCUT2D eigenvalue weighted by atomic mass is 16.3. The average molecular weight is 261 g/mol. The molecule has 0 bridgehead atoms. The Balaban J connectivity index is 1.80. The molecular weight excluding hydrogens is 242 g/mol. The van der Waals surface area contributed by atoms with Gasteiger partial charge in [0.2, 0.25) is 5.91 Å². The molecule has 19 heavy (non-hydrogen) atoms. The summed E-state index contributed by atoms with van der Waals surface area (Å²) in [5.74, 6) is 0.927. The van der Waals surface area contributed by atoms with Crippen LogP contribution in [0, 0.1) is 17.2 Å². The molecule has 1 fully saturated rings. The fourth-order valence-electron chi connectivity index (χ4n) is 2.10. The van der Waals surface area contributed by atoms with Gasteiger partial charge >= 0.3 is 0 Å². The van der Waals surface area contributed by atoms with Crippen LogP contribution in [0.3, 0.4) is 0 Å². The van der Waals surface area contributed by atoms with Crippen molar-refractivity contribution in [2.24, 2.45) is 5.92 Å². The second-order valence-electron chi connectivity index (χ2n) is 5.25. The largest absolute Gasteiger partial charge is 0.468 e. The van der Waals surface area contributed by atoms with Crippen molar-refractivity contribution in [1.29, 1.82) is 5.26 Å². The summed E-state index contributed by atoms with van der Waals surface area (Å²) in [5.41, 5.74) is -0.729. The first-order chi connectivity index (χ1) is 9.05. The van der Waals surface area contributed by atoms with Crippen LogP contribution in [0.25, 0.3) is 0 Å². The Kier molecular flexibility index (Phi) is 3.91. The van der Waals surface area contributed by atoms with Crippen LogP contribution < -0.4 is 10.6 Å². The highest BCUT2D eigenvalue weighted by molar-refractivity contribution is 5.79. The molecule has 0 spiro atoms. The molecule has 0 unspecified atom stereocenters. The number of carbonyl (C=O) groups excluding carboxylic acids is 1. The number of nitrogens with zero attached hydrogens (tertiary/aromatic N) is 1. The van der Waals surface area contributed by atoms with Crippen LogP contribution in [0.4, 0.5) is 0 Å². The Bertz CT molecular complexity index is 473. The summed E-state index contributed by atoms with van der Waals surface area (Å²) in [4.78, 5) is 11.9. The number of carbonyl (C=O) groups is 1. The summed E-state index contributed by atoms with van der Waals surface area (Å²) >= 11 is 0. The minimum absolute atomic E-state index is 0.0324. The number of amides is 1. The maximum Gasteiger partial charge on any atom is 0.235 e. The SMILES string of the molecule is C[C@H](NCC(=O)N[C@](C)(C#N)C1CC1)c1ccco1. The standard InChI is InChI=1S/C14H19N3O2/c1-10(12-4-3-7-19-12)16-8-13(18)17-14(2,9-15)11-5-6-11/h3-4,7,10-11,16H,5-6,8H2,1-2H3,(H,17,18)/t10-,14+/m0/s1. The van der Waals surface area contributed by atoms with Crippen molar-refractivity contribution >= 4 is 5.91 Å². The molecule has 0 aliphatic heterocycles. The molecule has 0 saturated heterocycles. The van der Waals surface area contributed by atoms with E-state index in [4.69, 9.17) is 4.42 Å². The highest BCUT2D eigenvalue weighted by Crippen LogP contribution is 2.39. The van der Waals surface area contributed by atoms with Crippen molar-refractivity contribution in [2.45, 2.75) is 38.3 Å². The van der Waals surface area contributed by atoms with E-state index >= 15 is 0 Å². The van der Waals surface area contributed by atoms with Crippen LogP contribution in [0.2, 0.25) is 0 Å². The van der Waals surface area contributed by atoms with Crippen molar-refractivity contribution in [1.82, 2.24) is 10.6 Å². The molecule has 0 radical (unpaired) electrons. The molecule has 0 aromatic carbocycles. The minimum atomic E-state index is -0.729. The van der Waals surface area contributed by atoms with Crippen LogP contribution >= 0.6 is 0 Å². The molecule has 1 aliphatic carbocycles. The second kappa shape index (κ2) is 5.45. The van der Waals surface area contributed by atoms with Gasteiger partial charge in [0.25, 0.3) is 0 Å². The van der Waals surface area contributed by atoms with Crippen LogP contribution in [0.1, 0.15) is 38.5 Å². The van der Waals surface area contributed by atoms with E-state index in [1.165, 1.54) is 0 Å². The van der Waals surface area contributed by atoms with Crippen LogP contribution in [0.5, 0.6) is 0 Å². The van der Waals surface area contributed by atoms with Crippen molar-refractivity contribution < 1.29 is 9.21 Å². The Morgan fingerprint density at radius 1 is 1.68 bits per heavy atom. The number of hydrogen-bond acceptors (Lipinski definition) is 4. The molecule has 102 valence electrons. The molecule has 1 heterocycles. The monoisotopic (exact) mass is 261 g/mol. The number of hydrogen-bond donors (Lipinski definition) is 2. The normalized spacial score (nSPS) is 19.2. The molecule has 2 N–H and O–H groups in total. The zero-order valence-electron chi connectivity index (χ0n) is 11.3. The van der Waals surface area contributed by atoms with Gasteiger partial charge in [-0.3, -0.25) is 10.1 Å². The smallest absolute Gasteiger partial charge is 0.235 e. The van der Waals surface area contributed by atoms with Gasteiger partial charge in [0.1, 0.15) is 11.3 Å². The van der Waals surface area contributed by atoms with Crippen molar-refractivity contribution in [3.8, 4) is 6.07 Å². The van der Waals surface area contributed by atoms with Gasteiger partial charge in [-0.25, -0.2) is 0 Å². The molecule has 1 aromatic rings. The van der Waals surface area contributed by atoms with E-state index in [1.807, 2.05) is 19.1 Å². The third-order valence-electron chi connectivity index (χ3n) is 3.56. The number of furan rings is 1. The summed E-state index contributed by atoms with van der Waals surface area (Å²) in [6.07, 6.45) is 3.63. The van der Waals surface area contributed by atoms with E-state index in [9.17, 15) is 10.1 Å². The molecule has 1 amide bonds. The van der Waals surface area contributed by atoms with Gasteiger partial charge in [-0.2, -0.15) is 5.26 Å². The molecule has 1 aromatic heterocycles. The van der Waals surface area contributed by atoms with Gasteiger partial charge in [0, 0.05) is 0 Å². The van der Waals surface area contributed by atoms with Gasteiger partial charge in [-0.15, -0.1) is 0 Å². The predicted octanol–water partition coefficient (Wildman–Crippen LogP) is 1.74. The van der Waals surface area contributed by atoms with Gasteiger partial charge in [0.05, 0.1) is 24.9 Å². The Morgan fingerprint density at radius 3 is 2.95 bits per heavy atom. The van der Waals surface area contributed by atoms with E-state index in [1.54, 1.807) is 13.2 Å². The number of rotatable bonds is 6. The first-order valence-corrected chi connectivity index (χ1v) is 6.54. The molecule has 2 rings (SSSR count).